The normalized spacial score (nSPS) is 10.6. The van der Waals surface area contributed by atoms with Gasteiger partial charge in [0.15, 0.2) is 0 Å². The summed E-state index contributed by atoms with van der Waals surface area (Å²) in [6.07, 6.45) is 1.06. The second kappa shape index (κ2) is 8.92. The largest absolute Gasteiger partial charge is 0.497 e. The van der Waals surface area contributed by atoms with Crippen LogP contribution in [0.5, 0.6) is 11.5 Å². The maximum atomic E-state index is 5.79. The standard InChI is InChI=1S/C20H21NO2S2/c1-3-15-6-4-5-7-19(15)24-13-16-14-25-20(21-16)12-23-18-10-8-17(22-2)9-11-18/h4-11,14H,3,12-13H2,1-2H3. The van der Waals surface area contributed by atoms with Gasteiger partial charge >= 0.3 is 0 Å². The van der Waals surface area contributed by atoms with Crippen LogP contribution < -0.4 is 9.47 Å². The van der Waals surface area contributed by atoms with Gasteiger partial charge in [0, 0.05) is 16.0 Å². The molecule has 3 nitrogen and oxygen atoms in total. The Bertz CT molecular complexity index is 799. The molecular weight excluding hydrogens is 350 g/mol. The molecule has 0 amide bonds. The average molecular weight is 372 g/mol. The first-order valence-electron chi connectivity index (χ1n) is 8.19. The van der Waals surface area contributed by atoms with Crippen molar-refractivity contribution in [3.8, 4) is 11.5 Å². The summed E-state index contributed by atoms with van der Waals surface area (Å²) in [5, 5.41) is 3.11. The van der Waals surface area contributed by atoms with E-state index in [0.717, 1.165) is 34.4 Å². The fraction of sp³-hybridized carbons (Fsp3) is 0.250. The molecule has 0 fully saturated rings. The summed E-state index contributed by atoms with van der Waals surface area (Å²) >= 11 is 3.49. The van der Waals surface area contributed by atoms with E-state index in [1.54, 1.807) is 18.4 Å². The molecule has 5 heteroatoms. The van der Waals surface area contributed by atoms with Crippen LogP contribution in [0.2, 0.25) is 0 Å². The summed E-state index contributed by atoms with van der Waals surface area (Å²) in [7, 11) is 1.66. The van der Waals surface area contributed by atoms with Crippen LogP contribution in [-0.4, -0.2) is 12.1 Å². The molecule has 25 heavy (non-hydrogen) atoms. The number of benzene rings is 2. The quantitative estimate of drug-likeness (QED) is 0.483. The summed E-state index contributed by atoms with van der Waals surface area (Å²) in [5.41, 5.74) is 2.50. The third-order valence-corrected chi connectivity index (χ3v) is 5.77. The van der Waals surface area contributed by atoms with E-state index in [-0.39, 0.29) is 0 Å². The van der Waals surface area contributed by atoms with Crippen LogP contribution in [-0.2, 0) is 18.8 Å². The second-order valence-electron chi connectivity index (χ2n) is 5.45. The molecule has 0 bridgehead atoms. The number of ether oxygens (including phenoxy) is 2. The van der Waals surface area contributed by atoms with Crippen molar-refractivity contribution in [1.29, 1.82) is 0 Å². The van der Waals surface area contributed by atoms with Crippen molar-refractivity contribution >= 4 is 23.1 Å². The summed E-state index contributed by atoms with van der Waals surface area (Å²) in [5.74, 6) is 2.54. The smallest absolute Gasteiger partial charge is 0.140 e. The number of nitrogens with zero attached hydrogens (tertiary/aromatic N) is 1. The van der Waals surface area contributed by atoms with E-state index in [1.807, 2.05) is 36.0 Å². The Morgan fingerprint density at radius 2 is 1.80 bits per heavy atom. The Morgan fingerprint density at radius 1 is 1.04 bits per heavy atom. The van der Waals surface area contributed by atoms with Crippen LogP contribution in [0.3, 0.4) is 0 Å². The number of thiazole rings is 1. The van der Waals surface area contributed by atoms with Gasteiger partial charge < -0.3 is 9.47 Å². The molecule has 2 aromatic carbocycles. The van der Waals surface area contributed by atoms with Gasteiger partial charge in [0.1, 0.15) is 23.1 Å². The van der Waals surface area contributed by atoms with Crippen LogP contribution >= 0.6 is 23.1 Å². The highest BCUT2D eigenvalue weighted by Gasteiger charge is 2.06. The minimum atomic E-state index is 0.493. The zero-order chi connectivity index (χ0) is 17.5. The Balaban J connectivity index is 1.53. The number of methoxy groups -OCH3 is 1. The molecule has 130 valence electrons. The van der Waals surface area contributed by atoms with E-state index in [9.17, 15) is 0 Å². The number of hydrogen-bond donors (Lipinski definition) is 0. The topological polar surface area (TPSA) is 31.4 Å². The predicted octanol–water partition coefficient (Wildman–Crippen LogP) is 5.59. The van der Waals surface area contributed by atoms with Gasteiger partial charge in [0.2, 0.25) is 0 Å². The van der Waals surface area contributed by atoms with Gasteiger partial charge in [-0.3, -0.25) is 0 Å². The third-order valence-electron chi connectivity index (χ3n) is 3.75. The van der Waals surface area contributed by atoms with Crippen molar-refractivity contribution in [2.75, 3.05) is 7.11 Å². The highest BCUT2D eigenvalue weighted by atomic mass is 32.2. The number of hydrogen-bond acceptors (Lipinski definition) is 5. The van der Waals surface area contributed by atoms with Gasteiger partial charge in [-0.25, -0.2) is 4.98 Å². The Kier molecular flexibility index (Phi) is 6.36. The van der Waals surface area contributed by atoms with E-state index in [4.69, 9.17) is 9.47 Å². The average Bonchev–Trinajstić information content (AvgIpc) is 3.13. The summed E-state index contributed by atoms with van der Waals surface area (Å²) < 4.78 is 10.9. The monoisotopic (exact) mass is 371 g/mol. The van der Waals surface area contributed by atoms with Gasteiger partial charge in [-0.2, -0.15) is 0 Å². The highest BCUT2D eigenvalue weighted by Crippen LogP contribution is 2.27. The van der Waals surface area contributed by atoms with Crippen molar-refractivity contribution < 1.29 is 9.47 Å². The van der Waals surface area contributed by atoms with Crippen LogP contribution in [0.25, 0.3) is 0 Å². The molecule has 0 saturated heterocycles. The van der Waals surface area contributed by atoms with Gasteiger partial charge in [-0.1, -0.05) is 25.1 Å². The van der Waals surface area contributed by atoms with Crippen molar-refractivity contribution in [2.45, 2.75) is 30.6 Å². The summed E-state index contributed by atoms with van der Waals surface area (Å²) in [6, 6.07) is 16.2. The molecule has 1 heterocycles. The first-order valence-corrected chi connectivity index (χ1v) is 10.1. The fourth-order valence-corrected chi connectivity index (χ4v) is 4.22. The molecule has 0 spiro atoms. The Morgan fingerprint density at radius 3 is 2.56 bits per heavy atom. The molecule has 0 saturated carbocycles. The van der Waals surface area contributed by atoms with Gasteiger partial charge in [-0.15, -0.1) is 23.1 Å². The summed E-state index contributed by atoms with van der Waals surface area (Å²) in [6.45, 7) is 2.68. The lowest BCUT2D eigenvalue weighted by Gasteiger charge is -2.06. The van der Waals surface area contributed by atoms with E-state index < -0.39 is 0 Å². The molecule has 0 unspecified atom stereocenters. The fourth-order valence-electron chi connectivity index (χ4n) is 2.39. The van der Waals surface area contributed by atoms with Crippen molar-refractivity contribution in [2.24, 2.45) is 0 Å². The lowest BCUT2D eigenvalue weighted by atomic mass is 10.2. The number of thioether (sulfide) groups is 1. The minimum Gasteiger partial charge on any atom is -0.497 e. The molecule has 3 aromatic rings. The van der Waals surface area contributed by atoms with E-state index in [2.05, 4.69) is 41.6 Å². The predicted molar refractivity (Wildman–Crippen MR) is 105 cm³/mol. The third kappa shape index (κ3) is 5.00. The molecule has 0 radical (unpaired) electrons. The molecule has 1 aromatic heterocycles. The maximum absolute atomic E-state index is 5.79. The highest BCUT2D eigenvalue weighted by molar-refractivity contribution is 7.98. The van der Waals surface area contributed by atoms with Crippen LogP contribution in [0, 0.1) is 0 Å². The van der Waals surface area contributed by atoms with Crippen LogP contribution in [0.4, 0.5) is 0 Å². The molecule has 0 aliphatic carbocycles. The second-order valence-corrected chi connectivity index (χ2v) is 7.41. The van der Waals surface area contributed by atoms with E-state index in [0.29, 0.717) is 6.61 Å². The van der Waals surface area contributed by atoms with Gasteiger partial charge in [-0.05, 0) is 42.3 Å². The van der Waals surface area contributed by atoms with E-state index in [1.165, 1.54) is 10.5 Å². The molecule has 0 N–H and O–H groups in total. The van der Waals surface area contributed by atoms with Crippen LogP contribution in [0.15, 0.2) is 58.8 Å². The minimum absolute atomic E-state index is 0.493. The lowest BCUT2D eigenvalue weighted by Crippen LogP contribution is -1.95. The van der Waals surface area contributed by atoms with Gasteiger partial charge in [0.05, 0.1) is 12.8 Å². The number of aryl methyl sites for hydroxylation is 1. The van der Waals surface area contributed by atoms with Crippen molar-refractivity contribution in [3.05, 3.63) is 70.2 Å². The first-order chi connectivity index (χ1) is 12.3. The summed E-state index contributed by atoms with van der Waals surface area (Å²) in [4.78, 5) is 6.02. The zero-order valence-electron chi connectivity index (χ0n) is 14.4. The molecule has 0 aliphatic heterocycles. The van der Waals surface area contributed by atoms with Crippen molar-refractivity contribution in [1.82, 2.24) is 4.98 Å². The Hall–Kier alpha value is -1.98. The lowest BCUT2D eigenvalue weighted by molar-refractivity contribution is 0.304. The maximum Gasteiger partial charge on any atom is 0.140 e. The molecular formula is C20H21NO2S2. The number of aromatic nitrogens is 1. The van der Waals surface area contributed by atoms with Crippen LogP contribution in [0.1, 0.15) is 23.2 Å². The van der Waals surface area contributed by atoms with Gasteiger partial charge in [0.25, 0.3) is 0 Å². The number of rotatable bonds is 8. The van der Waals surface area contributed by atoms with Crippen molar-refractivity contribution in [3.63, 3.8) is 0 Å². The Labute approximate surface area is 157 Å². The first kappa shape index (κ1) is 17.8. The van der Waals surface area contributed by atoms with E-state index >= 15 is 0 Å². The SMILES string of the molecule is CCc1ccccc1SCc1csc(COc2ccc(OC)cc2)n1. The zero-order valence-corrected chi connectivity index (χ0v) is 16.0. The molecule has 3 rings (SSSR count). The molecule has 0 atom stereocenters. The molecule has 0 aliphatic rings.